The molecule has 5 nitrogen and oxygen atoms in total. The van der Waals surface area contributed by atoms with Crippen LogP contribution in [0, 0.1) is 6.92 Å². The number of hydrogen-bond acceptors (Lipinski definition) is 4. The van der Waals surface area contributed by atoms with E-state index in [2.05, 4.69) is 24.5 Å². The van der Waals surface area contributed by atoms with Crippen molar-refractivity contribution in [3.63, 3.8) is 0 Å². The lowest BCUT2D eigenvalue weighted by atomic mass is 10.1. The average molecular weight is 432 g/mol. The maximum absolute atomic E-state index is 10.5. The number of aliphatic hydroxyl groups is 1. The van der Waals surface area contributed by atoms with Crippen LogP contribution in [0.1, 0.15) is 11.1 Å². The van der Waals surface area contributed by atoms with E-state index in [1.165, 1.54) is 16.2 Å². The van der Waals surface area contributed by atoms with Gasteiger partial charge in [0.05, 0.1) is 33.3 Å². The SMILES string of the molecule is C=CCc1cc(OC)ccc1OC[C@@H](O)C[NH+]1CCN(c2cc(Cl)ccc2C)CC1. The molecule has 1 aliphatic rings. The molecule has 162 valence electrons. The van der Waals surface area contributed by atoms with Crippen LogP contribution in [0.4, 0.5) is 5.69 Å². The summed E-state index contributed by atoms with van der Waals surface area (Å²) < 4.78 is 11.2. The number of ether oxygens (including phenoxy) is 2. The maximum Gasteiger partial charge on any atom is 0.137 e. The number of methoxy groups -OCH3 is 1. The summed E-state index contributed by atoms with van der Waals surface area (Å²) in [7, 11) is 1.65. The molecule has 1 aliphatic heterocycles. The van der Waals surface area contributed by atoms with E-state index in [0.717, 1.165) is 48.3 Å². The van der Waals surface area contributed by atoms with Crippen LogP contribution in [0.2, 0.25) is 5.02 Å². The number of nitrogens with zero attached hydrogens (tertiary/aromatic N) is 1. The van der Waals surface area contributed by atoms with Crippen molar-refractivity contribution in [2.45, 2.75) is 19.4 Å². The highest BCUT2D eigenvalue weighted by atomic mass is 35.5. The molecule has 2 aromatic carbocycles. The van der Waals surface area contributed by atoms with E-state index in [-0.39, 0.29) is 6.61 Å². The molecule has 0 amide bonds. The number of halogens is 1. The number of rotatable bonds is 9. The second-order valence-electron chi connectivity index (χ2n) is 7.80. The summed E-state index contributed by atoms with van der Waals surface area (Å²) in [5, 5.41) is 11.3. The van der Waals surface area contributed by atoms with Gasteiger partial charge in [0.1, 0.15) is 30.8 Å². The second kappa shape index (κ2) is 10.7. The molecule has 0 bridgehead atoms. The minimum atomic E-state index is -0.516. The third kappa shape index (κ3) is 5.91. The molecule has 3 rings (SSSR count). The number of quaternary nitrogens is 1. The molecule has 2 aromatic rings. The summed E-state index contributed by atoms with van der Waals surface area (Å²) in [6, 6.07) is 11.8. The lowest BCUT2D eigenvalue weighted by Gasteiger charge is -2.35. The third-order valence-electron chi connectivity index (χ3n) is 5.57. The fourth-order valence-electron chi connectivity index (χ4n) is 3.91. The Kier molecular flexibility index (Phi) is 8.02. The standard InChI is InChI=1S/C24H31ClN2O3/c1-4-5-19-14-22(29-3)8-9-24(19)30-17-21(28)16-26-10-12-27(13-11-26)23-15-20(25)7-6-18(23)2/h4,6-9,14-15,21,28H,1,5,10-13,16-17H2,2-3H3/p+1/t21-/m0/s1. The van der Waals surface area contributed by atoms with Crippen molar-refractivity contribution in [3.8, 4) is 11.5 Å². The van der Waals surface area contributed by atoms with E-state index >= 15 is 0 Å². The van der Waals surface area contributed by atoms with Gasteiger partial charge in [0.2, 0.25) is 0 Å². The molecule has 0 unspecified atom stereocenters. The van der Waals surface area contributed by atoms with E-state index < -0.39 is 6.10 Å². The van der Waals surface area contributed by atoms with Crippen molar-refractivity contribution in [2.24, 2.45) is 0 Å². The number of anilines is 1. The quantitative estimate of drug-likeness (QED) is 0.599. The molecule has 1 heterocycles. The first kappa shape index (κ1) is 22.5. The van der Waals surface area contributed by atoms with Crippen LogP contribution >= 0.6 is 11.6 Å². The first-order valence-corrected chi connectivity index (χ1v) is 10.8. The van der Waals surface area contributed by atoms with E-state index in [0.29, 0.717) is 13.0 Å². The van der Waals surface area contributed by atoms with Crippen molar-refractivity contribution in [3.05, 3.63) is 65.2 Å². The van der Waals surface area contributed by atoms with E-state index in [4.69, 9.17) is 21.1 Å². The normalized spacial score (nSPS) is 15.7. The zero-order valence-electron chi connectivity index (χ0n) is 17.9. The monoisotopic (exact) mass is 431 g/mol. The predicted octanol–water partition coefficient (Wildman–Crippen LogP) is 2.53. The summed E-state index contributed by atoms with van der Waals surface area (Å²) >= 11 is 6.18. The number of nitrogens with one attached hydrogen (secondary N) is 1. The van der Waals surface area contributed by atoms with Gasteiger partial charge in [-0.2, -0.15) is 0 Å². The van der Waals surface area contributed by atoms with Gasteiger partial charge in [0.25, 0.3) is 0 Å². The van der Waals surface area contributed by atoms with Gasteiger partial charge in [-0.05, 0) is 49.2 Å². The molecule has 0 radical (unpaired) electrons. The minimum Gasteiger partial charge on any atom is -0.497 e. The lowest BCUT2D eigenvalue weighted by Crippen LogP contribution is -3.16. The van der Waals surface area contributed by atoms with Crippen LogP contribution in [0.15, 0.2) is 49.1 Å². The highest BCUT2D eigenvalue weighted by Gasteiger charge is 2.24. The molecule has 0 saturated carbocycles. The summed E-state index contributed by atoms with van der Waals surface area (Å²) in [5.41, 5.74) is 3.46. The Hall–Kier alpha value is -2.21. The third-order valence-corrected chi connectivity index (χ3v) is 5.80. The van der Waals surface area contributed by atoms with Crippen LogP contribution in [-0.4, -0.2) is 57.7 Å². The number of hydrogen-bond donors (Lipinski definition) is 2. The van der Waals surface area contributed by atoms with Crippen molar-refractivity contribution in [1.29, 1.82) is 0 Å². The fourth-order valence-corrected chi connectivity index (χ4v) is 4.07. The van der Waals surface area contributed by atoms with Crippen LogP contribution in [0.25, 0.3) is 0 Å². The van der Waals surface area contributed by atoms with Gasteiger partial charge in [-0.3, -0.25) is 0 Å². The van der Waals surface area contributed by atoms with Gasteiger partial charge in [0.15, 0.2) is 0 Å². The Morgan fingerprint density at radius 2 is 2.00 bits per heavy atom. The van der Waals surface area contributed by atoms with Crippen molar-refractivity contribution in [1.82, 2.24) is 0 Å². The maximum atomic E-state index is 10.5. The minimum absolute atomic E-state index is 0.275. The number of piperazine rings is 1. The molecule has 1 atom stereocenters. The van der Waals surface area contributed by atoms with Crippen molar-refractivity contribution < 1.29 is 19.5 Å². The topological polar surface area (TPSA) is 46.4 Å². The van der Waals surface area contributed by atoms with E-state index in [9.17, 15) is 5.11 Å². The lowest BCUT2D eigenvalue weighted by molar-refractivity contribution is -0.903. The largest absolute Gasteiger partial charge is 0.497 e. The zero-order chi connectivity index (χ0) is 21.5. The molecule has 1 fully saturated rings. The number of allylic oxidation sites excluding steroid dienone is 1. The Morgan fingerprint density at radius 1 is 1.23 bits per heavy atom. The van der Waals surface area contributed by atoms with Crippen LogP contribution in [0.5, 0.6) is 11.5 Å². The molecule has 1 saturated heterocycles. The van der Waals surface area contributed by atoms with Gasteiger partial charge >= 0.3 is 0 Å². The summed E-state index contributed by atoms with van der Waals surface area (Å²) in [6.07, 6.45) is 2.01. The van der Waals surface area contributed by atoms with Crippen LogP contribution in [0.3, 0.4) is 0 Å². The molecule has 0 aliphatic carbocycles. The van der Waals surface area contributed by atoms with Gasteiger partial charge in [0, 0.05) is 16.3 Å². The number of benzene rings is 2. The predicted molar refractivity (Wildman–Crippen MR) is 122 cm³/mol. The fraction of sp³-hybridized carbons (Fsp3) is 0.417. The molecule has 30 heavy (non-hydrogen) atoms. The zero-order valence-corrected chi connectivity index (χ0v) is 18.6. The summed E-state index contributed by atoms with van der Waals surface area (Å²) in [4.78, 5) is 3.77. The van der Waals surface area contributed by atoms with Gasteiger partial charge < -0.3 is 24.4 Å². The Balaban J connectivity index is 1.49. The van der Waals surface area contributed by atoms with Crippen LogP contribution < -0.4 is 19.3 Å². The van der Waals surface area contributed by atoms with Crippen molar-refractivity contribution in [2.75, 3.05) is 51.3 Å². The van der Waals surface area contributed by atoms with E-state index in [1.54, 1.807) is 7.11 Å². The van der Waals surface area contributed by atoms with E-state index in [1.807, 2.05) is 36.4 Å². The van der Waals surface area contributed by atoms with Gasteiger partial charge in [-0.15, -0.1) is 6.58 Å². The number of aliphatic hydroxyl groups excluding tert-OH is 1. The van der Waals surface area contributed by atoms with Crippen molar-refractivity contribution >= 4 is 17.3 Å². The Bertz CT molecular complexity index is 850. The van der Waals surface area contributed by atoms with Crippen LogP contribution in [-0.2, 0) is 6.42 Å². The molecule has 0 aromatic heterocycles. The molecular formula is C24H32ClN2O3+. The molecule has 2 N–H and O–H groups in total. The molecular weight excluding hydrogens is 400 g/mol. The van der Waals surface area contributed by atoms with Gasteiger partial charge in [-0.1, -0.05) is 23.7 Å². The first-order chi connectivity index (χ1) is 14.5. The van der Waals surface area contributed by atoms with Gasteiger partial charge in [-0.25, -0.2) is 0 Å². The average Bonchev–Trinajstić information content (AvgIpc) is 2.75. The highest BCUT2D eigenvalue weighted by Crippen LogP contribution is 2.25. The Labute approximate surface area is 184 Å². The first-order valence-electron chi connectivity index (χ1n) is 10.4. The number of aryl methyl sites for hydroxylation is 1. The molecule has 0 spiro atoms. The Morgan fingerprint density at radius 3 is 2.70 bits per heavy atom. The highest BCUT2D eigenvalue weighted by molar-refractivity contribution is 6.30. The summed E-state index contributed by atoms with van der Waals surface area (Å²) in [6.45, 7) is 10.7. The second-order valence-corrected chi connectivity index (χ2v) is 8.24. The smallest absolute Gasteiger partial charge is 0.137 e. The summed E-state index contributed by atoms with van der Waals surface area (Å²) in [5.74, 6) is 1.56. The molecule has 6 heteroatoms.